The van der Waals surface area contributed by atoms with Gasteiger partial charge in [-0.3, -0.25) is 14.4 Å². The van der Waals surface area contributed by atoms with Crippen molar-refractivity contribution in [2.45, 2.75) is 70.9 Å². The van der Waals surface area contributed by atoms with Crippen molar-refractivity contribution in [2.75, 3.05) is 0 Å². The quantitative estimate of drug-likeness (QED) is 0.706. The van der Waals surface area contributed by atoms with Gasteiger partial charge in [0.25, 0.3) is 0 Å². The van der Waals surface area contributed by atoms with Crippen molar-refractivity contribution in [3.63, 3.8) is 0 Å². The van der Waals surface area contributed by atoms with Gasteiger partial charge >= 0.3 is 0 Å². The van der Waals surface area contributed by atoms with Crippen LogP contribution >= 0.6 is 0 Å². The van der Waals surface area contributed by atoms with Crippen molar-refractivity contribution >= 4 is 11.8 Å². The Morgan fingerprint density at radius 2 is 1.80 bits per heavy atom. The SMILES string of the molecule is CC(C)C(=O)NO[C@H](CCC(=O)NC1CCCCC1)c1ccccc1. The monoisotopic (exact) mass is 346 g/mol. The Morgan fingerprint density at radius 3 is 2.44 bits per heavy atom. The lowest BCUT2D eigenvalue weighted by atomic mass is 9.95. The smallest absolute Gasteiger partial charge is 0.246 e. The number of rotatable bonds is 8. The average Bonchev–Trinajstić information content (AvgIpc) is 2.63. The minimum Gasteiger partial charge on any atom is -0.353 e. The van der Waals surface area contributed by atoms with E-state index in [1.807, 2.05) is 44.2 Å². The van der Waals surface area contributed by atoms with Crippen LogP contribution in [0.15, 0.2) is 30.3 Å². The van der Waals surface area contributed by atoms with Crippen molar-refractivity contribution in [3.05, 3.63) is 35.9 Å². The third-order valence-corrected chi connectivity index (χ3v) is 4.60. The molecular formula is C20H30N2O3. The molecule has 1 aromatic rings. The van der Waals surface area contributed by atoms with Gasteiger partial charge in [0.05, 0.1) is 0 Å². The van der Waals surface area contributed by atoms with Crippen LogP contribution in [0.1, 0.15) is 70.5 Å². The van der Waals surface area contributed by atoms with Crippen LogP contribution in [-0.4, -0.2) is 17.9 Å². The molecule has 0 spiro atoms. The first kappa shape index (κ1) is 19.4. The largest absolute Gasteiger partial charge is 0.353 e. The second kappa shape index (κ2) is 10.2. The summed E-state index contributed by atoms with van der Waals surface area (Å²) in [6.07, 6.45) is 6.40. The van der Waals surface area contributed by atoms with Crippen LogP contribution in [0.2, 0.25) is 0 Å². The van der Waals surface area contributed by atoms with Crippen molar-refractivity contribution in [3.8, 4) is 0 Å². The zero-order valence-electron chi connectivity index (χ0n) is 15.3. The number of benzene rings is 1. The zero-order valence-corrected chi connectivity index (χ0v) is 15.3. The van der Waals surface area contributed by atoms with E-state index in [2.05, 4.69) is 10.8 Å². The molecule has 1 saturated carbocycles. The van der Waals surface area contributed by atoms with E-state index in [1.165, 1.54) is 19.3 Å². The van der Waals surface area contributed by atoms with E-state index in [-0.39, 0.29) is 23.8 Å². The zero-order chi connectivity index (χ0) is 18.1. The maximum atomic E-state index is 12.2. The lowest BCUT2D eigenvalue weighted by Gasteiger charge is -2.23. The first-order valence-electron chi connectivity index (χ1n) is 9.36. The summed E-state index contributed by atoms with van der Waals surface area (Å²) >= 11 is 0. The topological polar surface area (TPSA) is 67.4 Å². The number of carbonyl (C=O) groups excluding carboxylic acids is 2. The molecule has 0 heterocycles. The van der Waals surface area contributed by atoms with Gasteiger partial charge < -0.3 is 5.32 Å². The van der Waals surface area contributed by atoms with Gasteiger partial charge in [-0.15, -0.1) is 0 Å². The van der Waals surface area contributed by atoms with Crippen LogP contribution in [0.3, 0.4) is 0 Å². The number of amides is 2. The normalized spacial score (nSPS) is 16.4. The molecule has 1 aliphatic carbocycles. The summed E-state index contributed by atoms with van der Waals surface area (Å²) < 4.78 is 0. The summed E-state index contributed by atoms with van der Waals surface area (Å²) in [5.74, 6) is -0.245. The van der Waals surface area contributed by atoms with Crippen molar-refractivity contribution < 1.29 is 14.4 Å². The molecule has 1 fully saturated rings. The van der Waals surface area contributed by atoms with E-state index < -0.39 is 0 Å². The minimum absolute atomic E-state index is 0.0617. The molecule has 1 aromatic carbocycles. The molecular weight excluding hydrogens is 316 g/mol. The molecule has 0 saturated heterocycles. The van der Waals surface area contributed by atoms with Gasteiger partial charge in [-0.1, -0.05) is 63.4 Å². The van der Waals surface area contributed by atoms with Crippen LogP contribution in [0.4, 0.5) is 0 Å². The molecule has 0 radical (unpaired) electrons. The molecule has 0 aliphatic heterocycles. The van der Waals surface area contributed by atoms with Crippen LogP contribution in [-0.2, 0) is 14.4 Å². The maximum Gasteiger partial charge on any atom is 0.246 e. The number of nitrogens with one attached hydrogen (secondary N) is 2. The Labute approximate surface area is 150 Å². The highest BCUT2D eigenvalue weighted by Gasteiger charge is 2.19. The fraction of sp³-hybridized carbons (Fsp3) is 0.600. The number of hydroxylamine groups is 1. The molecule has 1 aliphatic rings. The fourth-order valence-electron chi connectivity index (χ4n) is 3.02. The third kappa shape index (κ3) is 6.86. The predicted octanol–water partition coefficient (Wildman–Crippen LogP) is 3.66. The molecule has 0 aromatic heterocycles. The number of carbonyl (C=O) groups is 2. The Balaban J connectivity index is 1.86. The summed E-state index contributed by atoms with van der Waals surface area (Å²) in [5.41, 5.74) is 3.47. The maximum absolute atomic E-state index is 12.2. The van der Waals surface area contributed by atoms with Gasteiger partial charge in [-0.05, 0) is 24.8 Å². The van der Waals surface area contributed by atoms with Crippen molar-refractivity contribution in [1.29, 1.82) is 0 Å². The van der Waals surface area contributed by atoms with Gasteiger partial charge in [-0.25, -0.2) is 5.48 Å². The number of hydrogen-bond acceptors (Lipinski definition) is 3. The Bertz CT molecular complexity index is 539. The van der Waals surface area contributed by atoms with Crippen LogP contribution < -0.4 is 10.8 Å². The standard InChI is InChI=1S/C20H30N2O3/c1-15(2)20(24)22-25-18(16-9-5-3-6-10-16)13-14-19(23)21-17-11-7-4-8-12-17/h3,5-6,9-10,15,17-18H,4,7-8,11-14H2,1-2H3,(H,21,23)(H,22,24)/t18-/m1/s1. The van der Waals surface area contributed by atoms with E-state index in [0.717, 1.165) is 18.4 Å². The Kier molecular flexibility index (Phi) is 7.92. The molecule has 25 heavy (non-hydrogen) atoms. The van der Waals surface area contributed by atoms with Crippen molar-refractivity contribution in [2.24, 2.45) is 5.92 Å². The Morgan fingerprint density at radius 1 is 1.12 bits per heavy atom. The molecule has 1 atom stereocenters. The highest BCUT2D eigenvalue weighted by atomic mass is 16.7. The minimum atomic E-state index is -0.332. The van der Waals surface area contributed by atoms with Gasteiger partial charge in [0.2, 0.25) is 11.8 Å². The van der Waals surface area contributed by atoms with Crippen LogP contribution in [0.25, 0.3) is 0 Å². The van der Waals surface area contributed by atoms with E-state index in [1.54, 1.807) is 0 Å². The number of hydrogen-bond donors (Lipinski definition) is 2. The summed E-state index contributed by atoms with van der Waals surface area (Å²) in [7, 11) is 0. The van der Waals surface area contributed by atoms with Gasteiger partial charge in [-0.2, -0.15) is 0 Å². The first-order chi connectivity index (χ1) is 12.1. The summed E-state index contributed by atoms with van der Waals surface area (Å²) in [5, 5.41) is 3.13. The molecule has 0 bridgehead atoms. The van der Waals surface area contributed by atoms with Crippen LogP contribution in [0.5, 0.6) is 0 Å². The second-order valence-corrected chi connectivity index (χ2v) is 7.08. The van der Waals surface area contributed by atoms with E-state index >= 15 is 0 Å². The molecule has 138 valence electrons. The summed E-state index contributed by atoms with van der Waals surface area (Å²) in [6, 6.07) is 10.0. The van der Waals surface area contributed by atoms with Crippen molar-refractivity contribution in [1.82, 2.24) is 10.8 Å². The predicted molar refractivity (Wildman–Crippen MR) is 97.5 cm³/mol. The van der Waals surface area contributed by atoms with Crippen LogP contribution in [0, 0.1) is 5.92 Å². The summed E-state index contributed by atoms with van der Waals surface area (Å²) in [4.78, 5) is 29.6. The van der Waals surface area contributed by atoms with E-state index in [4.69, 9.17) is 4.84 Å². The van der Waals surface area contributed by atoms with Gasteiger partial charge in [0.15, 0.2) is 0 Å². The molecule has 2 amide bonds. The lowest BCUT2D eigenvalue weighted by Crippen LogP contribution is -2.36. The molecule has 5 heteroatoms. The molecule has 2 N–H and O–H groups in total. The summed E-state index contributed by atoms with van der Waals surface area (Å²) in [6.45, 7) is 3.63. The second-order valence-electron chi connectivity index (χ2n) is 7.08. The van der Waals surface area contributed by atoms with Gasteiger partial charge in [0.1, 0.15) is 6.10 Å². The van der Waals surface area contributed by atoms with E-state index in [9.17, 15) is 9.59 Å². The third-order valence-electron chi connectivity index (χ3n) is 4.60. The van der Waals surface area contributed by atoms with Gasteiger partial charge in [0, 0.05) is 18.4 Å². The van der Waals surface area contributed by atoms with E-state index in [0.29, 0.717) is 18.9 Å². The Hall–Kier alpha value is -1.88. The first-order valence-corrected chi connectivity index (χ1v) is 9.36. The lowest BCUT2D eigenvalue weighted by molar-refractivity contribution is -0.142. The average molecular weight is 346 g/mol. The molecule has 2 rings (SSSR count). The molecule has 5 nitrogen and oxygen atoms in total. The molecule has 0 unspecified atom stereocenters. The highest BCUT2D eigenvalue weighted by Crippen LogP contribution is 2.22. The fourth-order valence-corrected chi connectivity index (χ4v) is 3.02. The highest BCUT2D eigenvalue weighted by molar-refractivity contribution is 5.77.